The minimum atomic E-state index is -0.149. The van der Waals surface area contributed by atoms with Crippen molar-refractivity contribution in [1.29, 1.82) is 0 Å². The molecule has 7 heteroatoms. The van der Waals surface area contributed by atoms with Crippen LogP contribution < -0.4 is 10.1 Å². The molecular weight excluding hydrogens is 416 g/mol. The number of amides is 2. The first-order chi connectivity index (χ1) is 16.0. The molecule has 3 heterocycles. The molecule has 0 spiro atoms. The standard InChI is InChI=1S/C26H30N4O3/c1-18-17-30(26(31)28-25-19(2)20(3)29-33-25)12-9-23(18)14-22-6-4-8-24(15-22)32-13-10-21-7-5-11-27-16-21/h4-8,11,14-16,18H,9-10,12-13,17H2,1-3H3,(H,28,31). The van der Waals surface area contributed by atoms with Crippen LogP contribution in [-0.2, 0) is 6.42 Å². The fraction of sp³-hybridized carbons (Fsp3) is 0.346. The predicted molar refractivity (Wildman–Crippen MR) is 128 cm³/mol. The lowest BCUT2D eigenvalue weighted by atomic mass is 9.91. The van der Waals surface area contributed by atoms with Crippen LogP contribution in [0.5, 0.6) is 5.75 Å². The number of piperidine rings is 1. The maximum atomic E-state index is 12.7. The smallest absolute Gasteiger partial charge is 0.324 e. The Hall–Kier alpha value is -3.61. The normalized spacial score (nSPS) is 17.2. The van der Waals surface area contributed by atoms with Gasteiger partial charge in [-0.3, -0.25) is 10.3 Å². The van der Waals surface area contributed by atoms with Gasteiger partial charge in [-0.1, -0.05) is 41.9 Å². The van der Waals surface area contributed by atoms with Crippen molar-refractivity contribution in [2.45, 2.75) is 33.6 Å². The van der Waals surface area contributed by atoms with Gasteiger partial charge in [0, 0.05) is 37.5 Å². The molecule has 1 atom stereocenters. The van der Waals surface area contributed by atoms with Crippen molar-refractivity contribution in [3.05, 3.63) is 76.7 Å². The third-order valence-corrected chi connectivity index (χ3v) is 6.05. The van der Waals surface area contributed by atoms with Gasteiger partial charge in [0.05, 0.1) is 12.3 Å². The van der Waals surface area contributed by atoms with Gasteiger partial charge in [0.2, 0.25) is 5.88 Å². The Morgan fingerprint density at radius 2 is 2.18 bits per heavy atom. The number of hydrogen-bond acceptors (Lipinski definition) is 5. The molecular formula is C26H30N4O3. The molecule has 7 nitrogen and oxygen atoms in total. The Bertz CT molecular complexity index is 1120. The van der Waals surface area contributed by atoms with Crippen LogP contribution >= 0.6 is 0 Å². The molecule has 0 aliphatic carbocycles. The van der Waals surface area contributed by atoms with Crippen molar-refractivity contribution in [2.75, 3.05) is 25.0 Å². The summed E-state index contributed by atoms with van der Waals surface area (Å²) < 4.78 is 11.2. The molecule has 0 saturated carbocycles. The third-order valence-electron chi connectivity index (χ3n) is 6.05. The fourth-order valence-electron chi connectivity index (χ4n) is 3.90. The summed E-state index contributed by atoms with van der Waals surface area (Å²) in [4.78, 5) is 18.6. The number of aromatic nitrogens is 2. The Labute approximate surface area is 194 Å². The van der Waals surface area contributed by atoms with Crippen molar-refractivity contribution in [1.82, 2.24) is 15.0 Å². The molecule has 2 aromatic heterocycles. The molecule has 172 valence electrons. The molecule has 1 unspecified atom stereocenters. The summed E-state index contributed by atoms with van der Waals surface area (Å²) in [6.07, 6.45) is 7.51. The number of urea groups is 1. The van der Waals surface area contributed by atoms with Crippen molar-refractivity contribution >= 4 is 18.0 Å². The summed E-state index contributed by atoms with van der Waals surface area (Å²) in [6, 6.07) is 12.0. The number of benzene rings is 1. The number of carbonyl (C=O) groups is 1. The second-order valence-corrected chi connectivity index (χ2v) is 8.50. The van der Waals surface area contributed by atoms with E-state index >= 15 is 0 Å². The van der Waals surface area contributed by atoms with E-state index in [9.17, 15) is 4.79 Å². The molecule has 2 amide bonds. The highest BCUT2D eigenvalue weighted by Gasteiger charge is 2.25. The molecule has 1 aliphatic rings. The Morgan fingerprint density at radius 1 is 1.30 bits per heavy atom. The monoisotopic (exact) mass is 446 g/mol. The SMILES string of the molecule is Cc1noc(NC(=O)N2CCC(=Cc3cccc(OCCc4cccnc4)c3)C(C)C2)c1C. The number of pyridine rings is 1. The predicted octanol–water partition coefficient (Wildman–Crippen LogP) is 5.27. The molecule has 1 aliphatic heterocycles. The van der Waals surface area contributed by atoms with E-state index in [-0.39, 0.29) is 11.9 Å². The second kappa shape index (κ2) is 10.3. The molecule has 0 radical (unpaired) electrons. The van der Waals surface area contributed by atoms with Gasteiger partial charge in [-0.15, -0.1) is 0 Å². The van der Waals surface area contributed by atoms with Crippen LogP contribution in [-0.4, -0.2) is 40.8 Å². The maximum absolute atomic E-state index is 12.7. The Morgan fingerprint density at radius 3 is 2.91 bits per heavy atom. The van der Waals surface area contributed by atoms with E-state index in [1.807, 2.05) is 43.1 Å². The van der Waals surface area contributed by atoms with Crippen LogP contribution in [0, 0.1) is 19.8 Å². The minimum absolute atomic E-state index is 0.149. The van der Waals surface area contributed by atoms with Gasteiger partial charge in [0.15, 0.2) is 0 Å². The molecule has 4 rings (SSSR count). The summed E-state index contributed by atoms with van der Waals surface area (Å²) in [7, 11) is 0. The Kier molecular flexibility index (Phi) is 7.07. The fourth-order valence-corrected chi connectivity index (χ4v) is 3.90. The first kappa shape index (κ1) is 22.6. The van der Waals surface area contributed by atoms with Gasteiger partial charge in [-0.2, -0.15) is 0 Å². The van der Waals surface area contributed by atoms with Crippen molar-refractivity contribution in [2.24, 2.45) is 5.92 Å². The second-order valence-electron chi connectivity index (χ2n) is 8.50. The molecule has 1 saturated heterocycles. The van der Waals surface area contributed by atoms with E-state index in [0.717, 1.165) is 41.0 Å². The van der Waals surface area contributed by atoms with E-state index in [2.05, 4.69) is 46.7 Å². The number of aryl methyl sites for hydroxylation is 1. The lowest BCUT2D eigenvalue weighted by molar-refractivity contribution is 0.197. The number of likely N-dealkylation sites (tertiary alicyclic amines) is 1. The topological polar surface area (TPSA) is 80.5 Å². The van der Waals surface area contributed by atoms with Gasteiger partial charge >= 0.3 is 6.03 Å². The molecule has 0 bridgehead atoms. The van der Waals surface area contributed by atoms with Crippen LogP contribution in [0.1, 0.15) is 35.7 Å². The average molecular weight is 447 g/mol. The van der Waals surface area contributed by atoms with E-state index in [1.54, 1.807) is 6.20 Å². The lowest BCUT2D eigenvalue weighted by Gasteiger charge is -2.33. The first-order valence-electron chi connectivity index (χ1n) is 11.3. The van der Waals surface area contributed by atoms with Crippen LogP contribution in [0.15, 0.2) is 58.9 Å². The molecule has 33 heavy (non-hydrogen) atoms. The molecule has 1 N–H and O–H groups in total. The number of nitrogens with zero attached hydrogens (tertiary/aromatic N) is 3. The summed E-state index contributed by atoms with van der Waals surface area (Å²) in [6.45, 7) is 7.83. The quantitative estimate of drug-likeness (QED) is 0.558. The molecule has 1 fully saturated rings. The lowest BCUT2D eigenvalue weighted by Crippen LogP contribution is -2.42. The van der Waals surface area contributed by atoms with E-state index in [0.29, 0.717) is 25.6 Å². The summed E-state index contributed by atoms with van der Waals surface area (Å²) >= 11 is 0. The molecule has 1 aromatic carbocycles. The maximum Gasteiger partial charge on any atom is 0.324 e. The zero-order chi connectivity index (χ0) is 23.2. The van der Waals surface area contributed by atoms with Crippen molar-refractivity contribution in [3.63, 3.8) is 0 Å². The van der Waals surface area contributed by atoms with Gasteiger partial charge in [0.25, 0.3) is 0 Å². The van der Waals surface area contributed by atoms with Gasteiger partial charge in [-0.05, 0) is 55.5 Å². The van der Waals surface area contributed by atoms with Crippen LogP contribution in [0.2, 0.25) is 0 Å². The number of nitrogens with one attached hydrogen (secondary N) is 1. The van der Waals surface area contributed by atoms with Gasteiger partial charge in [-0.25, -0.2) is 4.79 Å². The number of carbonyl (C=O) groups excluding carboxylic acids is 1. The zero-order valence-corrected chi connectivity index (χ0v) is 19.4. The number of ether oxygens (including phenoxy) is 1. The van der Waals surface area contributed by atoms with E-state index in [1.165, 1.54) is 5.57 Å². The molecule has 3 aromatic rings. The summed E-state index contributed by atoms with van der Waals surface area (Å²) in [5.41, 5.74) is 5.25. The zero-order valence-electron chi connectivity index (χ0n) is 19.4. The number of rotatable bonds is 6. The first-order valence-corrected chi connectivity index (χ1v) is 11.3. The van der Waals surface area contributed by atoms with Gasteiger partial charge in [0.1, 0.15) is 5.75 Å². The minimum Gasteiger partial charge on any atom is -0.493 e. The number of hydrogen-bond donors (Lipinski definition) is 1. The largest absolute Gasteiger partial charge is 0.493 e. The summed E-state index contributed by atoms with van der Waals surface area (Å²) in [5, 5.41) is 6.74. The highest BCUT2D eigenvalue weighted by atomic mass is 16.5. The van der Waals surface area contributed by atoms with E-state index in [4.69, 9.17) is 9.26 Å². The van der Waals surface area contributed by atoms with Crippen LogP contribution in [0.4, 0.5) is 10.7 Å². The third kappa shape index (κ3) is 5.80. The highest BCUT2D eigenvalue weighted by molar-refractivity contribution is 5.88. The van der Waals surface area contributed by atoms with Crippen molar-refractivity contribution in [3.8, 4) is 5.75 Å². The number of anilines is 1. The Balaban J connectivity index is 1.32. The van der Waals surface area contributed by atoms with Crippen LogP contribution in [0.3, 0.4) is 0 Å². The van der Waals surface area contributed by atoms with Crippen molar-refractivity contribution < 1.29 is 14.1 Å². The highest BCUT2D eigenvalue weighted by Crippen LogP contribution is 2.27. The summed E-state index contributed by atoms with van der Waals surface area (Å²) in [5.74, 6) is 1.54. The van der Waals surface area contributed by atoms with E-state index < -0.39 is 0 Å². The van der Waals surface area contributed by atoms with Gasteiger partial charge < -0.3 is 14.2 Å². The van der Waals surface area contributed by atoms with Crippen LogP contribution in [0.25, 0.3) is 6.08 Å². The average Bonchev–Trinajstić information content (AvgIpc) is 3.13.